The molecule has 1 rings (SSSR count). The van der Waals surface area contributed by atoms with E-state index >= 15 is 0 Å². The Morgan fingerprint density at radius 2 is 1.90 bits per heavy atom. The average molecular weight is 143 g/mol. The fourth-order valence-electron chi connectivity index (χ4n) is 1.90. The first-order valence-electron chi connectivity index (χ1n) is 4.05. The van der Waals surface area contributed by atoms with Crippen LogP contribution in [0.3, 0.4) is 0 Å². The van der Waals surface area contributed by atoms with Crippen molar-refractivity contribution in [2.75, 3.05) is 0 Å². The molecule has 0 aliphatic heterocycles. The molecule has 1 saturated carbocycles. The summed E-state index contributed by atoms with van der Waals surface area (Å²) in [5.41, 5.74) is 5.71. The minimum atomic E-state index is -0.267. The lowest BCUT2D eigenvalue weighted by Gasteiger charge is -2.34. The van der Waals surface area contributed by atoms with Crippen molar-refractivity contribution in [1.29, 1.82) is 0 Å². The first-order valence-corrected chi connectivity index (χ1v) is 4.05. The average Bonchev–Trinajstić information content (AvgIpc) is 1.82. The molecule has 0 amide bonds. The fraction of sp³-hybridized carbons (Fsp3) is 1.00. The van der Waals surface area contributed by atoms with Crippen LogP contribution >= 0.6 is 0 Å². The smallest absolute Gasteiger partial charge is 0.0716 e. The molecule has 0 aromatic heterocycles. The van der Waals surface area contributed by atoms with Crippen LogP contribution in [-0.2, 0) is 0 Å². The zero-order chi connectivity index (χ0) is 7.72. The Morgan fingerprint density at radius 1 is 1.30 bits per heavy atom. The highest BCUT2D eigenvalue weighted by Gasteiger charge is 2.29. The van der Waals surface area contributed by atoms with Gasteiger partial charge in [-0.15, -0.1) is 0 Å². The molecule has 4 atom stereocenters. The zero-order valence-corrected chi connectivity index (χ0v) is 6.75. The SMILES string of the molecule is CC1C[C@@H](C)C[C@@H](N)[C@H]1O. The first-order chi connectivity index (χ1) is 4.61. The number of rotatable bonds is 0. The van der Waals surface area contributed by atoms with E-state index in [1.54, 1.807) is 0 Å². The van der Waals surface area contributed by atoms with E-state index in [1.165, 1.54) is 0 Å². The Balaban J connectivity index is 2.49. The van der Waals surface area contributed by atoms with Crippen molar-refractivity contribution >= 4 is 0 Å². The summed E-state index contributed by atoms with van der Waals surface area (Å²) >= 11 is 0. The van der Waals surface area contributed by atoms with E-state index in [4.69, 9.17) is 5.73 Å². The Kier molecular flexibility index (Phi) is 2.32. The van der Waals surface area contributed by atoms with Crippen LogP contribution in [0.25, 0.3) is 0 Å². The Morgan fingerprint density at radius 3 is 2.40 bits per heavy atom. The molecule has 0 aromatic carbocycles. The predicted molar refractivity (Wildman–Crippen MR) is 41.5 cm³/mol. The van der Waals surface area contributed by atoms with E-state index in [0.29, 0.717) is 11.8 Å². The van der Waals surface area contributed by atoms with Gasteiger partial charge in [0, 0.05) is 6.04 Å². The molecule has 1 fully saturated rings. The van der Waals surface area contributed by atoms with Gasteiger partial charge in [0.1, 0.15) is 0 Å². The molecule has 0 bridgehead atoms. The van der Waals surface area contributed by atoms with E-state index in [9.17, 15) is 5.11 Å². The van der Waals surface area contributed by atoms with Gasteiger partial charge in [-0.2, -0.15) is 0 Å². The number of aliphatic hydroxyl groups is 1. The van der Waals surface area contributed by atoms with E-state index < -0.39 is 0 Å². The minimum absolute atomic E-state index is 0.0127. The molecule has 0 spiro atoms. The van der Waals surface area contributed by atoms with Crippen molar-refractivity contribution in [1.82, 2.24) is 0 Å². The van der Waals surface area contributed by atoms with Crippen LogP contribution in [-0.4, -0.2) is 17.3 Å². The highest BCUT2D eigenvalue weighted by Crippen LogP contribution is 2.27. The van der Waals surface area contributed by atoms with Crippen molar-refractivity contribution in [2.24, 2.45) is 17.6 Å². The third kappa shape index (κ3) is 1.50. The van der Waals surface area contributed by atoms with Gasteiger partial charge >= 0.3 is 0 Å². The Labute approximate surface area is 62.4 Å². The van der Waals surface area contributed by atoms with E-state index in [1.807, 2.05) is 0 Å². The quantitative estimate of drug-likeness (QED) is 0.525. The summed E-state index contributed by atoms with van der Waals surface area (Å²) < 4.78 is 0. The van der Waals surface area contributed by atoms with Crippen molar-refractivity contribution in [3.63, 3.8) is 0 Å². The molecular formula is C8H17NO. The number of nitrogens with two attached hydrogens (primary N) is 1. The van der Waals surface area contributed by atoms with Gasteiger partial charge in [0.25, 0.3) is 0 Å². The van der Waals surface area contributed by atoms with E-state index in [-0.39, 0.29) is 12.1 Å². The van der Waals surface area contributed by atoms with Crippen molar-refractivity contribution in [3.8, 4) is 0 Å². The number of hydrogen-bond acceptors (Lipinski definition) is 2. The summed E-state index contributed by atoms with van der Waals surface area (Å²) in [6.07, 6.45) is 1.83. The lowest BCUT2D eigenvalue weighted by Crippen LogP contribution is -2.44. The van der Waals surface area contributed by atoms with Gasteiger partial charge < -0.3 is 10.8 Å². The topological polar surface area (TPSA) is 46.2 Å². The molecule has 2 nitrogen and oxygen atoms in total. The van der Waals surface area contributed by atoms with Crippen LogP contribution in [0.2, 0.25) is 0 Å². The van der Waals surface area contributed by atoms with Crippen LogP contribution in [0.15, 0.2) is 0 Å². The molecule has 1 aliphatic rings. The summed E-state index contributed by atoms with van der Waals surface area (Å²) in [5, 5.41) is 9.44. The molecule has 1 unspecified atom stereocenters. The maximum atomic E-state index is 9.44. The molecule has 3 N–H and O–H groups in total. The maximum absolute atomic E-state index is 9.44. The number of hydrogen-bond donors (Lipinski definition) is 2. The monoisotopic (exact) mass is 143 g/mol. The second-order valence-electron chi connectivity index (χ2n) is 3.71. The summed E-state index contributed by atoms with van der Waals surface area (Å²) in [4.78, 5) is 0. The normalized spacial score (nSPS) is 49.2. The van der Waals surface area contributed by atoms with Gasteiger partial charge in [0.2, 0.25) is 0 Å². The third-order valence-electron chi connectivity index (χ3n) is 2.47. The van der Waals surface area contributed by atoms with Gasteiger partial charge in [-0.05, 0) is 24.7 Å². The molecular weight excluding hydrogens is 126 g/mol. The lowest BCUT2D eigenvalue weighted by molar-refractivity contribution is 0.0420. The van der Waals surface area contributed by atoms with Crippen molar-refractivity contribution < 1.29 is 5.11 Å². The first kappa shape index (κ1) is 8.02. The molecule has 2 heteroatoms. The standard InChI is InChI=1S/C8H17NO/c1-5-3-6(2)8(10)7(9)4-5/h5-8,10H,3-4,9H2,1-2H3/t5-,6?,7-,8+/m1/s1. The molecule has 0 radical (unpaired) electrons. The third-order valence-corrected chi connectivity index (χ3v) is 2.47. The van der Waals surface area contributed by atoms with E-state index in [0.717, 1.165) is 12.8 Å². The van der Waals surface area contributed by atoms with Crippen LogP contribution in [0.1, 0.15) is 26.7 Å². The lowest BCUT2D eigenvalue weighted by atomic mass is 9.79. The van der Waals surface area contributed by atoms with Crippen molar-refractivity contribution in [2.45, 2.75) is 38.8 Å². The zero-order valence-electron chi connectivity index (χ0n) is 6.75. The van der Waals surface area contributed by atoms with Crippen LogP contribution in [0.4, 0.5) is 0 Å². The second kappa shape index (κ2) is 2.89. The van der Waals surface area contributed by atoms with Crippen LogP contribution < -0.4 is 5.73 Å². The molecule has 0 saturated heterocycles. The Hall–Kier alpha value is -0.0800. The van der Waals surface area contributed by atoms with Crippen molar-refractivity contribution in [3.05, 3.63) is 0 Å². The Bertz CT molecular complexity index is 104. The maximum Gasteiger partial charge on any atom is 0.0716 e. The van der Waals surface area contributed by atoms with Gasteiger partial charge in [-0.3, -0.25) is 0 Å². The molecule has 0 heterocycles. The van der Waals surface area contributed by atoms with Crippen LogP contribution in [0, 0.1) is 11.8 Å². The fourth-order valence-corrected chi connectivity index (χ4v) is 1.90. The van der Waals surface area contributed by atoms with Gasteiger partial charge in [-0.25, -0.2) is 0 Å². The summed E-state index contributed by atoms with van der Waals surface area (Å²) in [5.74, 6) is 1.08. The largest absolute Gasteiger partial charge is 0.391 e. The molecule has 0 aromatic rings. The highest BCUT2D eigenvalue weighted by atomic mass is 16.3. The molecule has 1 aliphatic carbocycles. The highest BCUT2D eigenvalue weighted by molar-refractivity contribution is 4.84. The van der Waals surface area contributed by atoms with Gasteiger partial charge in [-0.1, -0.05) is 13.8 Å². The summed E-state index contributed by atoms with van der Waals surface area (Å²) in [7, 11) is 0. The minimum Gasteiger partial charge on any atom is -0.391 e. The second-order valence-corrected chi connectivity index (χ2v) is 3.71. The predicted octanol–water partition coefficient (Wildman–Crippen LogP) is 0.741. The number of aliphatic hydroxyl groups excluding tert-OH is 1. The molecule has 60 valence electrons. The van der Waals surface area contributed by atoms with Gasteiger partial charge in [0.05, 0.1) is 6.10 Å². The summed E-state index contributed by atoms with van der Waals surface area (Å²) in [6, 6.07) is 0.0127. The molecule has 10 heavy (non-hydrogen) atoms. The van der Waals surface area contributed by atoms with E-state index in [2.05, 4.69) is 13.8 Å². The van der Waals surface area contributed by atoms with Crippen LogP contribution in [0.5, 0.6) is 0 Å². The van der Waals surface area contributed by atoms with Gasteiger partial charge in [0.15, 0.2) is 0 Å². The summed E-state index contributed by atoms with van der Waals surface area (Å²) in [6.45, 7) is 4.27.